The van der Waals surface area contributed by atoms with Gasteiger partial charge in [-0.2, -0.15) is 0 Å². The maximum Gasteiger partial charge on any atom is 0.329 e. The van der Waals surface area contributed by atoms with Crippen LogP contribution in [0, 0.1) is 5.92 Å². The Hall–Kier alpha value is -1.14. The predicted octanol–water partition coefficient (Wildman–Crippen LogP) is 0.254. The molecule has 6 heteroatoms. The highest BCUT2D eigenvalue weighted by molar-refractivity contribution is 5.88. The van der Waals surface area contributed by atoms with Crippen molar-refractivity contribution in [1.82, 2.24) is 5.32 Å². The van der Waals surface area contributed by atoms with E-state index in [0.717, 1.165) is 25.7 Å². The smallest absolute Gasteiger partial charge is 0.329 e. The third kappa shape index (κ3) is 3.25. The Labute approximate surface area is 112 Å². The van der Waals surface area contributed by atoms with Crippen molar-refractivity contribution >= 4 is 11.9 Å². The van der Waals surface area contributed by atoms with Crippen LogP contribution in [-0.4, -0.2) is 41.8 Å². The van der Waals surface area contributed by atoms with E-state index in [9.17, 15) is 14.7 Å². The van der Waals surface area contributed by atoms with E-state index in [2.05, 4.69) is 5.32 Å². The standard InChI is InChI=1S/C13H22N2O4/c14-10-3-1-9(2-4-10)11(16)15-13(12(17)18)5-7-19-8-6-13/h9-10H,1-8,14H2,(H,15,16)(H,17,18). The molecule has 1 aliphatic carbocycles. The van der Waals surface area contributed by atoms with Crippen LogP contribution in [0.5, 0.6) is 0 Å². The van der Waals surface area contributed by atoms with E-state index in [4.69, 9.17) is 10.5 Å². The SMILES string of the molecule is NC1CCC(C(=O)NC2(C(=O)O)CCOCC2)CC1. The topological polar surface area (TPSA) is 102 Å². The predicted molar refractivity (Wildman–Crippen MR) is 68.5 cm³/mol. The van der Waals surface area contributed by atoms with Gasteiger partial charge in [0.2, 0.25) is 5.91 Å². The van der Waals surface area contributed by atoms with E-state index in [-0.39, 0.29) is 17.9 Å². The van der Waals surface area contributed by atoms with Crippen LogP contribution < -0.4 is 11.1 Å². The number of nitrogens with one attached hydrogen (secondary N) is 1. The van der Waals surface area contributed by atoms with E-state index in [1.807, 2.05) is 0 Å². The second-order valence-corrected chi connectivity index (χ2v) is 5.60. The summed E-state index contributed by atoms with van der Waals surface area (Å²) in [5.74, 6) is -1.20. The van der Waals surface area contributed by atoms with Crippen molar-refractivity contribution in [3.8, 4) is 0 Å². The van der Waals surface area contributed by atoms with Crippen molar-refractivity contribution in [1.29, 1.82) is 0 Å². The van der Waals surface area contributed by atoms with Crippen LogP contribution in [0.4, 0.5) is 0 Å². The van der Waals surface area contributed by atoms with Gasteiger partial charge in [-0.05, 0) is 25.7 Å². The van der Waals surface area contributed by atoms with E-state index >= 15 is 0 Å². The fourth-order valence-electron chi connectivity index (χ4n) is 2.83. The minimum absolute atomic E-state index is 0.0983. The van der Waals surface area contributed by atoms with Gasteiger partial charge in [-0.15, -0.1) is 0 Å². The largest absolute Gasteiger partial charge is 0.480 e. The summed E-state index contributed by atoms with van der Waals surface area (Å²) in [6, 6.07) is 0.181. The average Bonchev–Trinajstić information content (AvgIpc) is 2.40. The molecule has 0 bridgehead atoms. The van der Waals surface area contributed by atoms with Gasteiger partial charge in [0.15, 0.2) is 0 Å². The normalized spacial score (nSPS) is 30.6. The molecule has 4 N–H and O–H groups in total. The van der Waals surface area contributed by atoms with Gasteiger partial charge in [0, 0.05) is 38.0 Å². The first kappa shape index (κ1) is 14.3. The summed E-state index contributed by atoms with van der Waals surface area (Å²) in [4.78, 5) is 23.7. The van der Waals surface area contributed by atoms with E-state index in [1.165, 1.54) is 0 Å². The summed E-state index contributed by atoms with van der Waals surface area (Å²) >= 11 is 0. The average molecular weight is 270 g/mol. The molecule has 2 aliphatic rings. The maximum atomic E-state index is 12.2. The lowest BCUT2D eigenvalue weighted by Crippen LogP contribution is -2.58. The third-order valence-corrected chi connectivity index (χ3v) is 4.26. The Morgan fingerprint density at radius 1 is 1.16 bits per heavy atom. The van der Waals surface area contributed by atoms with Crippen molar-refractivity contribution in [2.24, 2.45) is 11.7 Å². The van der Waals surface area contributed by atoms with Crippen molar-refractivity contribution in [3.05, 3.63) is 0 Å². The number of carbonyl (C=O) groups excluding carboxylic acids is 1. The number of carboxylic acids is 1. The highest BCUT2D eigenvalue weighted by Gasteiger charge is 2.42. The first-order valence-electron chi connectivity index (χ1n) is 6.92. The highest BCUT2D eigenvalue weighted by Crippen LogP contribution is 2.26. The zero-order chi connectivity index (χ0) is 13.9. The Bertz CT molecular complexity index is 345. The van der Waals surface area contributed by atoms with Crippen LogP contribution in [0.15, 0.2) is 0 Å². The monoisotopic (exact) mass is 270 g/mol. The second-order valence-electron chi connectivity index (χ2n) is 5.60. The van der Waals surface area contributed by atoms with Gasteiger partial charge in [-0.3, -0.25) is 4.79 Å². The van der Waals surface area contributed by atoms with E-state index in [0.29, 0.717) is 26.1 Å². The van der Waals surface area contributed by atoms with Crippen LogP contribution >= 0.6 is 0 Å². The highest BCUT2D eigenvalue weighted by atomic mass is 16.5. The van der Waals surface area contributed by atoms with Crippen LogP contribution in [0.3, 0.4) is 0 Å². The van der Waals surface area contributed by atoms with E-state index in [1.54, 1.807) is 0 Å². The molecule has 1 aliphatic heterocycles. The molecule has 2 fully saturated rings. The number of carboxylic acid groups (broad SMARTS) is 1. The molecule has 1 saturated carbocycles. The van der Waals surface area contributed by atoms with Gasteiger partial charge in [-0.25, -0.2) is 4.79 Å². The Balaban J connectivity index is 1.97. The van der Waals surface area contributed by atoms with Crippen molar-refractivity contribution in [2.45, 2.75) is 50.1 Å². The number of nitrogens with two attached hydrogens (primary N) is 1. The number of hydrogen-bond acceptors (Lipinski definition) is 4. The summed E-state index contributed by atoms with van der Waals surface area (Å²) in [6.07, 6.45) is 3.83. The first-order chi connectivity index (χ1) is 9.03. The van der Waals surface area contributed by atoms with Gasteiger partial charge >= 0.3 is 5.97 Å². The molecule has 0 aromatic rings. The quantitative estimate of drug-likeness (QED) is 0.682. The maximum absolute atomic E-state index is 12.2. The molecular weight excluding hydrogens is 248 g/mol. The van der Waals surface area contributed by atoms with Crippen molar-refractivity contribution in [2.75, 3.05) is 13.2 Å². The summed E-state index contributed by atoms with van der Waals surface area (Å²) < 4.78 is 5.18. The number of rotatable bonds is 3. The summed E-state index contributed by atoms with van der Waals surface area (Å²) in [7, 11) is 0. The van der Waals surface area contributed by atoms with Crippen LogP contribution in [0.1, 0.15) is 38.5 Å². The van der Waals surface area contributed by atoms with Crippen molar-refractivity contribution < 1.29 is 19.4 Å². The molecule has 0 radical (unpaired) electrons. The van der Waals surface area contributed by atoms with Gasteiger partial charge < -0.3 is 20.9 Å². The summed E-state index contributed by atoms with van der Waals surface area (Å²) in [6.45, 7) is 0.754. The number of hydrogen-bond donors (Lipinski definition) is 3. The molecule has 1 amide bonds. The molecule has 108 valence electrons. The van der Waals surface area contributed by atoms with Gasteiger partial charge in [-0.1, -0.05) is 0 Å². The molecular formula is C13H22N2O4. The fourth-order valence-corrected chi connectivity index (χ4v) is 2.83. The van der Waals surface area contributed by atoms with Crippen molar-refractivity contribution in [3.63, 3.8) is 0 Å². The number of aliphatic carboxylic acids is 1. The van der Waals surface area contributed by atoms with Crippen LogP contribution in [-0.2, 0) is 14.3 Å². The lowest BCUT2D eigenvalue weighted by atomic mass is 9.84. The molecule has 1 saturated heterocycles. The summed E-state index contributed by atoms with van der Waals surface area (Å²) in [5.41, 5.74) is 4.67. The molecule has 0 unspecified atom stereocenters. The molecule has 0 spiro atoms. The molecule has 0 aromatic heterocycles. The number of ether oxygens (including phenoxy) is 1. The molecule has 19 heavy (non-hydrogen) atoms. The van der Waals surface area contributed by atoms with Crippen LogP contribution in [0.25, 0.3) is 0 Å². The molecule has 6 nitrogen and oxygen atoms in total. The zero-order valence-electron chi connectivity index (χ0n) is 11.1. The van der Waals surface area contributed by atoms with Gasteiger partial charge in [0.1, 0.15) is 5.54 Å². The molecule has 0 aromatic carbocycles. The Morgan fingerprint density at radius 2 is 1.74 bits per heavy atom. The van der Waals surface area contributed by atoms with Gasteiger partial charge in [0.25, 0.3) is 0 Å². The Kier molecular flexibility index (Phi) is 4.42. The lowest BCUT2D eigenvalue weighted by Gasteiger charge is -2.36. The first-order valence-corrected chi connectivity index (χ1v) is 6.92. The fraction of sp³-hybridized carbons (Fsp3) is 0.846. The van der Waals surface area contributed by atoms with E-state index < -0.39 is 11.5 Å². The molecule has 1 heterocycles. The zero-order valence-corrected chi connectivity index (χ0v) is 11.1. The minimum Gasteiger partial charge on any atom is -0.480 e. The minimum atomic E-state index is -1.14. The lowest BCUT2D eigenvalue weighted by molar-refractivity contribution is -0.153. The number of amides is 1. The van der Waals surface area contributed by atoms with Crippen LogP contribution in [0.2, 0.25) is 0 Å². The molecule has 0 atom stereocenters. The Morgan fingerprint density at radius 3 is 2.26 bits per heavy atom. The molecule has 2 rings (SSSR count). The second kappa shape index (κ2) is 5.88. The third-order valence-electron chi connectivity index (χ3n) is 4.26. The van der Waals surface area contributed by atoms with Gasteiger partial charge in [0.05, 0.1) is 0 Å². The number of carbonyl (C=O) groups is 2. The summed E-state index contributed by atoms with van der Waals surface area (Å²) in [5, 5.41) is 12.1.